The molecule has 0 heterocycles. The van der Waals surface area contributed by atoms with Crippen LogP contribution in [0, 0.1) is 11.3 Å². The predicted molar refractivity (Wildman–Crippen MR) is 61.2 cm³/mol. The first-order valence-electron chi connectivity index (χ1n) is 5.92. The Hall–Kier alpha value is 0.480. The highest BCUT2D eigenvalue weighted by Gasteiger charge is 2.48. The van der Waals surface area contributed by atoms with Crippen molar-refractivity contribution >= 4 is 15.9 Å². The summed E-state index contributed by atoms with van der Waals surface area (Å²) in [5.74, 6) is 1.01. The van der Waals surface area contributed by atoms with Crippen LogP contribution in [0.2, 0.25) is 0 Å². The summed E-state index contributed by atoms with van der Waals surface area (Å²) in [6, 6.07) is 0. The molecule has 0 aromatic carbocycles. The van der Waals surface area contributed by atoms with Gasteiger partial charge in [-0.15, -0.1) is 0 Å². The maximum Gasteiger partial charge on any atom is 0.0179 e. The maximum atomic E-state index is 3.92. The molecular weight excluding hydrogens is 224 g/mol. The van der Waals surface area contributed by atoms with Crippen molar-refractivity contribution in [1.29, 1.82) is 0 Å². The lowest BCUT2D eigenvalue weighted by Gasteiger charge is -2.45. The van der Waals surface area contributed by atoms with Crippen LogP contribution in [-0.4, -0.2) is 4.83 Å². The molecule has 2 rings (SSSR count). The SMILES string of the molecule is CCCC(Br)C1CCCC12CCC2. The summed E-state index contributed by atoms with van der Waals surface area (Å²) < 4.78 is 0. The Morgan fingerprint density at radius 1 is 1.31 bits per heavy atom. The molecule has 0 saturated heterocycles. The molecular formula is C12H21Br. The molecule has 0 radical (unpaired) electrons. The van der Waals surface area contributed by atoms with Crippen molar-refractivity contribution in [3.05, 3.63) is 0 Å². The van der Waals surface area contributed by atoms with Crippen molar-refractivity contribution in [3.63, 3.8) is 0 Å². The van der Waals surface area contributed by atoms with Crippen LogP contribution in [0.25, 0.3) is 0 Å². The van der Waals surface area contributed by atoms with Crippen molar-refractivity contribution in [3.8, 4) is 0 Å². The monoisotopic (exact) mass is 244 g/mol. The Kier molecular flexibility index (Phi) is 3.02. The molecule has 0 aliphatic heterocycles. The smallest absolute Gasteiger partial charge is 0.0179 e. The third-order valence-electron chi connectivity index (χ3n) is 4.33. The van der Waals surface area contributed by atoms with Crippen LogP contribution in [0.1, 0.15) is 58.3 Å². The fraction of sp³-hybridized carbons (Fsp3) is 1.00. The standard InChI is InChI=1S/C12H21Br/c1-2-5-11(13)10-6-3-7-12(10)8-4-9-12/h10-11H,2-9H2,1H3. The van der Waals surface area contributed by atoms with Gasteiger partial charge in [-0.1, -0.05) is 42.1 Å². The van der Waals surface area contributed by atoms with Crippen molar-refractivity contribution in [2.75, 3.05) is 0 Å². The Morgan fingerprint density at radius 2 is 2.00 bits per heavy atom. The largest absolute Gasteiger partial charge is 0.0887 e. The van der Waals surface area contributed by atoms with E-state index >= 15 is 0 Å². The molecule has 76 valence electrons. The van der Waals surface area contributed by atoms with Gasteiger partial charge in [-0.3, -0.25) is 0 Å². The van der Waals surface area contributed by atoms with E-state index in [9.17, 15) is 0 Å². The van der Waals surface area contributed by atoms with Gasteiger partial charge in [0.15, 0.2) is 0 Å². The van der Waals surface area contributed by atoms with Gasteiger partial charge in [0.1, 0.15) is 0 Å². The van der Waals surface area contributed by atoms with Gasteiger partial charge in [0.2, 0.25) is 0 Å². The quantitative estimate of drug-likeness (QED) is 0.641. The van der Waals surface area contributed by atoms with Crippen LogP contribution in [-0.2, 0) is 0 Å². The molecule has 0 aromatic heterocycles. The van der Waals surface area contributed by atoms with Crippen LogP contribution >= 0.6 is 15.9 Å². The van der Waals surface area contributed by atoms with Gasteiger partial charge in [-0.25, -0.2) is 0 Å². The fourth-order valence-electron chi connectivity index (χ4n) is 3.46. The summed E-state index contributed by atoms with van der Waals surface area (Å²) in [5.41, 5.74) is 0.809. The fourth-order valence-corrected chi connectivity index (χ4v) is 4.74. The second-order valence-electron chi connectivity index (χ2n) is 5.02. The van der Waals surface area contributed by atoms with E-state index in [0.29, 0.717) is 0 Å². The first-order chi connectivity index (χ1) is 6.28. The third kappa shape index (κ3) is 1.69. The molecule has 1 heteroatoms. The van der Waals surface area contributed by atoms with E-state index in [4.69, 9.17) is 0 Å². The molecule has 2 saturated carbocycles. The minimum absolute atomic E-state index is 0.809. The molecule has 2 unspecified atom stereocenters. The van der Waals surface area contributed by atoms with Crippen LogP contribution in [0.3, 0.4) is 0 Å². The summed E-state index contributed by atoms with van der Waals surface area (Å²) in [4.78, 5) is 0.820. The first-order valence-corrected chi connectivity index (χ1v) is 6.84. The van der Waals surface area contributed by atoms with Gasteiger partial charge in [-0.05, 0) is 43.4 Å². The molecule has 13 heavy (non-hydrogen) atoms. The Balaban J connectivity index is 1.97. The molecule has 0 amide bonds. The van der Waals surface area contributed by atoms with Crippen molar-refractivity contribution in [2.24, 2.45) is 11.3 Å². The lowest BCUT2D eigenvalue weighted by Crippen LogP contribution is -2.37. The molecule has 2 atom stereocenters. The maximum absolute atomic E-state index is 3.92. The van der Waals surface area contributed by atoms with Gasteiger partial charge in [0.05, 0.1) is 0 Å². The van der Waals surface area contributed by atoms with Crippen molar-refractivity contribution < 1.29 is 0 Å². The zero-order valence-electron chi connectivity index (χ0n) is 8.69. The number of halogens is 1. The molecule has 2 aliphatic rings. The van der Waals surface area contributed by atoms with Crippen LogP contribution in [0.15, 0.2) is 0 Å². The highest BCUT2D eigenvalue weighted by atomic mass is 79.9. The van der Waals surface area contributed by atoms with E-state index in [1.54, 1.807) is 0 Å². The topological polar surface area (TPSA) is 0 Å². The van der Waals surface area contributed by atoms with Gasteiger partial charge in [0.25, 0.3) is 0 Å². The summed E-state index contributed by atoms with van der Waals surface area (Å²) in [7, 11) is 0. The zero-order chi connectivity index (χ0) is 9.31. The summed E-state index contributed by atoms with van der Waals surface area (Å²) in [6.45, 7) is 2.30. The van der Waals surface area contributed by atoms with E-state index in [0.717, 1.165) is 16.2 Å². The second kappa shape index (κ2) is 3.92. The number of alkyl halides is 1. The summed E-state index contributed by atoms with van der Waals surface area (Å²) in [5, 5.41) is 0. The minimum Gasteiger partial charge on any atom is -0.0887 e. The Bertz CT molecular complexity index is 172. The van der Waals surface area contributed by atoms with Gasteiger partial charge < -0.3 is 0 Å². The van der Waals surface area contributed by atoms with Gasteiger partial charge >= 0.3 is 0 Å². The number of rotatable bonds is 3. The summed E-state index contributed by atoms with van der Waals surface area (Å²) in [6.07, 6.45) is 11.8. The van der Waals surface area contributed by atoms with Gasteiger partial charge in [0, 0.05) is 4.83 Å². The molecule has 0 bridgehead atoms. The summed E-state index contributed by atoms with van der Waals surface area (Å²) >= 11 is 3.92. The third-order valence-corrected chi connectivity index (χ3v) is 5.42. The lowest BCUT2D eigenvalue weighted by atomic mass is 9.61. The number of hydrogen-bond acceptors (Lipinski definition) is 0. The highest BCUT2D eigenvalue weighted by molar-refractivity contribution is 9.09. The van der Waals surface area contributed by atoms with Crippen molar-refractivity contribution in [1.82, 2.24) is 0 Å². The minimum atomic E-state index is 0.809. The molecule has 0 N–H and O–H groups in total. The van der Waals surface area contributed by atoms with Crippen molar-refractivity contribution in [2.45, 2.75) is 63.1 Å². The Morgan fingerprint density at radius 3 is 2.54 bits per heavy atom. The molecule has 1 spiro atoms. The van der Waals surface area contributed by atoms with E-state index < -0.39 is 0 Å². The van der Waals surface area contributed by atoms with E-state index in [1.165, 1.54) is 51.4 Å². The molecule has 0 aromatic rings. The van der Waals surface area contributed by atoms with E-state index in [-0.39, 0.29) is 0 Å². The van der Waals surface area contributed by atoms with E-state index in [1.807, 2.05) is 0 Å². The van der Waals surface area contributed by atoms with Crippen LogP contribution in [0.5, 0.6) is 0 Å². The second-order valence-corrected chi connectivity index (χ2v) is 6.20. The van der Waals surface area contributed by atoms with E-state index in [2.05, 4.69) is 22.9 Å². The zero-order valence-corrected chi connectivity index (χ0v) is 10.3. The molecule has 0 nitrogen and oxygen atoms in total. The van der Waals surface area contributed by atoms with Crippen LogP contribution in [0.4, 0.5) is 0 Å². The Labute approximate surface area is 90.6 Å². The number of hydrogen-bond donors (Lipinski definition) is 0. The van der Waals surface area contributed by atoms with Crippen LogP contribution < -0.4 is 0 Å². The highest BCUT2D eigenvalue weighted by Crippen LogP contribution is 2.59. The molecule has 2 fully saturated rings. The average molecular weight is 245 g/mol. The van der Waals surface area contributed by atoms with Gasteiger partial charge in [-0.2, -0.15) is 0 Å². The molecule has 2 aliphatic carbocycles. The normalized spacial score (nSPS) is 33.2. The lowest BCUT2D eigenvalue weighted by molar-refractivity contribution is 0.0764. The first kappa shape index (κ1) is 10.0. The predicted octanol–water partition coefficient (Wildman–Crippen LogP) is 4.52. The average Bonchev–Trinajstić information content (AvgIpc) is 2.46.